The molecule has 0 aliphatic carbocycles. The maximum atomic E-state index is 12.2. The minimum atomic E-state index is -0.0523. The number of benzene rings is 2. The van der Waals surface area contributed by atoms with Gasteiger partial charge in [0.15, 0.2) is 0 Å². The summed E-state index contributed by atoms with van der Waals surface area (Å²) in [4.78, 5) is 29.5. The van der Waals surface area contributed by atoms with Crippen LogP contribution in [0.25, 0.3) is 21.5 Å². The fourth-order valence-electron chi connectivity index (χ4n) is 4.01. The molecule has 0 spiro atoms. The lowest BCUT2D eigenvalue weighted by molar-refractivity contribution is 0.127. The smallest absolute Gasteiger partial charge is 0.258 e. The molecule has 1 N–H and O–H groups in total. The number of thiazole rings is 1. The average Bonchev–Trinajstić information content (AvgIpc) is 3.28. The van der Waals surface area contributed by atoms with Crippen LogP contribution < -0.4 is 5.56 Å². The second kappa shape index (κ2) is 9.09. The highest BCUT2D eigenvalue weighted by molar-refractivity contribution is 7.13. The Morgan fingerprint density at radius 1 is 0.903 bits per heavy atom. The predicted molar refractivity (Wildman–Crippen MR) is 125 cm³/mol. The molecular formula is C24H25N5OS. The quantitative estimate of drug-likeness (QED) is 0.507. The third kappa shape index (κ3) is 4.74. The minimum absolute atomic E-state index is 0.0523. The van der Waals surface area contributed by atoms with Crippen molar-refractivity contribution in [2.75, 3.05) is 32.7 Å². The van der Waals surface area contributed by atoms with Crippen molar-refractivity contribution in [1.29, 1.82) is 0 Å². The zero-order valence-electron chi connectivity index (χ0n) is 17.3. The van der Waals surface area contributed by atoms with Crippen molar-refractivity contribution in [3.05, 3.63) is 81.8 Å². The zero-order chi connectivity index (χ0) is 21.0. The summed E-state index contributed by atoms with van der Waals surface area (Å²) >= 11 is 1.72. The maximum absolute atomic E-state index is 12.2. The van der Waals surface area contributed by atoms with Gasteiger partial charge in [-0.2, -0.15) is 0 Å². The molecule has 0 radical (unpaired) electrons. The van der Waals surface area contributed by atoms with E-state index in [1.165, 1.54) is 5.56 Å². The number of nitrogens with zero attached hydrogens (tertiary/aromatic N) is 4. The third-order valence-corrected chi connectivity index (χ3v) is 6.69. The van der Waals surface area contributed by atoms with E-state index in [0.29, 0.717) is 5.39 Å². The molecule has 1 saturated heterocycles. The predicted octanol–water partition coefficient (Wildman–Crippen LogP) is 3.41. The van der Waals surface area contributed by atoms with E-state index < -0.39 is 0 Å². The van der Waals surface area contributed by atoms with Gasteiger partial charge in [0.2, 0.25) is 0 Å². The zero-order valence-corrected chi connectivity index (χ0v) is 18.1. The van der Waals surface area contributed by atoms with Crippen LogP contribution in [0.3, 0.4) is 0 Å². The van der Waals surface area contributed by atoms with Gasteiger partial charge >= 0.3 is 0 Å². The fourth-order valence-corrected chi connectivity index (χ4v) is 4.83. The van der Waals surface area contributed by atoms with E-state index in [4.69, 9.17) is 4.98 Å². The molecule has 2 aromatic heterocycles. The summed E-state index contributed by atoms with van der Waals surface area (Å²) in [6.45, 7) is 5.90. The molecule has 31 heavy (non-hydrogen) atoms. The molecule has 1 aliphatic rings. The van der Waals surface area contributed by atoms with Crippen molar-refractivity contribution in [3.8, 4) is 10.6 Å². The van der Waals surface area contributed by atoms with Crippen LogP contribution in [-0.4, -0.2) is 57.5 Å². The first-order valence-electron chi connectivity index (χ1n) is 10.7. The van der Waals surface area contributed by atoms with Crippen molar-refractivity contribution in [2.24, 2.45) is 0 Å². The molecule has 2 aromatic carbocycles. The molecule has 0 unspecified atom stereocenters. The molecule has 3 heterocycles. The van der Waals surface area contributed by atoms with Gasteiger partial charge < -0.3 is 9.88 Å². The lowest BCUT2D eigenvalue weighted by Gasteiger charge is -2.34. The first kappa shape index (κ1) is 20.1. The van der Waals surface area contributed by atoms with Gasteiger partial charge in [-0.15, -0.1) is 11.3 Å². The molecule has 0 amide bonds. The molecule has 0 bridgehead atoms. The number of aromatic nitrogens is 3. The Kier molecular flexibility index (Phi) is 5.88. The lowest BCUT2D eigenvalue weighted by Crippen LogP contribution is -2.46. The fraction of sp³-hybridized carbons (Fsp3) is 0.292. The summed E-state index contributed by atoms with van der Waals surface area (Å²) in [5, 5.41) is 3.92. The van der Waals surface area contributed by atoms with Gasteiger partial charge in [0.1, 0.15) is 10.8 Å². The summed E-state index contributed by atoms with van der Waals surface area (Å²) in [6, 6.07) is 17.9. The number of aromatic amines is 1. The van der Waals surface area contributed by atoms with Gasteiger partial charge in [0.05, 0.1) is 16.6 Å². The van der Waals surface area contributed by atoms with Gasteiger partial charge in [0.25, 0.3) is 5.56 Å². The minimum Gasteiger partial charge on any atom is -0.310 e. The number of nitrogens with one attached hydrogen (secondary N) is 1. The van der Waals surface area contributed by atoms with Crippen LogP contribution >= 0.6 is 11.3 Å². The summed E-state index contributed by atoms with van der Waals surface area (Å²) in [5.41, 5.74) is 3.05. The second-order valence-electron chi connectivity index (χ2n) is 7.91. The van der Waals surface area contributed by atoms with E-state index >= 15 is 0 Å². The first-order chi connectivity index (χ1) is 15.2. The van der Waals surface area contributed by atoms with Gasteiger partial charge in [-0.3, -0.25) is 9.69 Å². The largest absolute Gasteiger partial charge is 0.310 e. The molecule has 0 atom stereocenters. The molecule has 158 valence electrons. The summed E-state index contributed by atoms with van der Waals surface area (Å²) in [7, 11) is 0. The van der Waals surface area contributed by atoms with E-state index in [9.17, 15) is 4.79 Å². The third-order valence-electron chi connectivity index (χ3n) is 5.75. The molecule has 6 nitrogen and oxygen atoms in total. The van der Waals surface area contributed by atoms with Crippen LogP contribution in [0, 0.1) is 0 Å². The highest BCUT2D eigenvalue weighted by Crippen LogP contribution is 2.24. The Morgan fingerprint density at radius 2 is 1.65 bits per heavy atom. The van der Waals surface area contributed by atoms with Crippen molar-refractivity contribution in [1.82, 2.24) is 24.8 Å². The molecule has 0 saturated carbocycles. The SMILES string of the molecule is O=c1[nH]c(CCN2CCN(Cc3csc(-c4ccccc4)n3)CC2)nc2ccccc12. The van der Waals surface area contributed by atoms with Crippen LogP contribution in [-0.2, 0) is 13.0 Å². The van der Waals surface area contributed by atoms with Crippen molar-refractivity contribution in [3.63, 3.8) is 0 Å². The Hall–Kier alpha value is -2.87. The van der Waals surface area contributed by atoms with Crippen molar-refractivity contribution >= 4 is 22.2 Å². The van der Waals surface area contributed by atoms with E-state index in [0.717, 1.165) is 67.7 Å². The Balaban J connectivity index is 1.13. The van der Waals surface area contributed by atoms with Crippen LogP contribution in [0.2, 0.25) is 0 Å². The van der Waals surface area contributed by atoms with Crippen LogP contribution in [0.5, 0.6) is 0 Å². The Bertz CT molecular complexity index is 1210. The number of hydrogen-bond donors (Lipinski definition) is 1. The molecule has 1 fully saturated rings. The van der Waals surface area contributed by atoms with E-state index in [-0.39, 0.29) is 5.56 Å². The van der Waals surface area contributed by atoms with E-state index in [2.05, 4.69) is 49.4 Å². The van der Waals surface area contributed by atoms with Gasteiger partial charge in [-0.25, -0.2) is 9.97 Å². The number of piperazine rings is 1. The van der Waals surface area contributed by atoms with Gasteiger partial charge in [-0.1, -0.05) is 42.5 Å². The highest BCUT2D eigenvalue weighted by Gasteiger charge is 2.18. The lowest BCUT2D eigenvalue weighted by atomic mass is 10.2. The number of hydrogen-bond acceptors (Lipinski definition) is 6. The van der Waals surface area contributed by atoms with E-state index in [1.54, 1.807) is 11.3 Å². The monoisotopic (exact) mass is 431 g/mol. The topological polar surface area (TPSA) is 65.1 Å². The molecule has 7 heteroatoms. The van der Waals surface area contributed by atoms with Crippen molar-refractivity contribution < 1.29 is 0 Å². The molecule has 1 aliphatic heterocycles. The van der Waals surface area contributed by atoms with E-state index in [1.807, 2.05) is 30.3 Å². The Morgan fingerprint density at radius 3 is 2.48 bits per heavy atom. The average molecular weight is 432 g/mol. The molecular weight excluding hydrogens is 406 g/mol. The first-order valence-corrected chi connectivity index (χ1v) is 11.5. The summed E-state index contributed by atoms with van der Waals surface area (Å²) < 4.78 is 0. The second-order valence-corrected chi connectivity index (χ2v) is 8.77. The van der Waals surface area contributed by atoms with Crippen LogP contribution in [0.1, 0.15) is 11.5 Å². The number of fused-ring (bicyclic) bond motifs is 1. The molecule has 4 aromatic rings. The maximum Gasteiger partial charge on any atom is 0.258 e. The standard InChI is InChI=1S/C24H25N5OS/c30-23-20-8-4-5-9-21(20)26-22(27-23)10-11-28-12-14-29(15-13-28)16-19-17-31-24(25-19)18-6-2-1-3-7-18/h1-9,17H,10-16H2,(H,26,27,30). The van der Waals surface area contributed by atoms with Crippen LogP contribution in [0.4, 0.5) is 0 Å². The number of para-hydroxylation sites is 1. The summed E-state index contributed by atoms with van der Waals surface area (Å²) in [6.07, 6.45) is 0.757. The number of H-pyrrole nitrogens is 1. The molecule has 5 rings (SSSR count). The summed E-state index contributed by atoms with van der Waals surface area (Å²) in [5.74, 6) is 0.766. The van der Waals surface area contributed by atoms with Gasteiger partial charge in [-0.05, 0) is 12.1 Å². The Labute approximate surface area is 185 Å². The van der Waals surface area contributed by atoms with Crippen LogP contribution in [0.15, 0.2) is 64.8 Å². The normalized spacial score (nSPS) is 15.5. The van der Waals surface area contributed by atoms with Crippen molar-refractivity contribution in [2.45, 2.75) is 13.0 Å². The number of rotatable bonds is 6. The highest BCUT2D eigenvalue weighted by atomic mass is 32.1. The van der Waals surface area contributed by atoms with Gasteiger partial charge in [0, 0.05) is 56.6 Å².